The van der Waals surface area contributed by atoms with E-state index in [2.05, 4.69) is 25.1 Å². The van der Waals surface area contributed by atoms with E-state index < -0.39 is 0 Å². The molecule has 0 saturated heterocycles. The average Bonchev–Trinajstić information content (AvgIpc) is 2.85. The third-order valence-corrected chi connectivity index (χ3v) is 5.01. The van der Waals surface area contributed by atoms with Crippen LogP contribution < -0.4 is 4.74 Å². The highest BCUT2D eigenvalue weighted by Crippen LogP contribution is 2.42. The Hall–Kier alpha value is -1.02. The van der Waals surface area contributed by atoms with Crippen LogP contribution in [0.4, 0.5) is 0 Å². The summed E-state index contributed by atoms with van der Waals surface area (Å²) < 4.78 is 5.76. The second-order valence-corrected chi connectivity index (χ2v) is 6.20. The fourth-order valence-electron chi connectivity index (χ4n) is 3.76. The van der Waals surface area contributed by atoms with Gasteiger partial charge in [-0.15, -0.1) is 0 Å². The summed E-state index contributed by atoms with van der Waals surface area (Å²) in [5.41, 5.74) is 1.34. The molecule has 1 aromatic rings. The van der Waals surface area contributed by atoms with E-state index in [1.54, 1.807) is 0 Å². The Kier molecular flexibility index (Phi) is 3.79. The summed E-state index contributed by atoms with van der Waals surface area (Å²) in [6.45, 7) is 3.06. The molecular weight excluding hydrogens is 236 g/mol. The minimum absolute atomic E-state index is 0.101. The zero-order chi connectivity index (χ0) is 13.2. The first-order valence-electron chi connectivity index (χ1n) is 7.67. The fraction of sp³-hybridized carbons (Fsp3) is 0.647. The number of hydrogen-bond donors (Lipinski definition) is 1. The van der Waals surface area contributed by atoms with E-state index in [0.717, 1.165) is 31.1 Å². The summed E-state index contributed by atoms with van der Waals surface area (Å²) in [7, 11) is 0. The van der Waals surface area contributed by atoms with Crippen LogP contribution in [0.3, 0.4) is 0 Å². The maximum atomic E-state index is 10.2. The van der Waals surface area contributed by atoms with Gasteiger partial charge >= 0.3 is 0 Å². The summed E-state index contributed by atoms with van der Waals surface area (Å²) in [6.07, 6.45) is 5.60. The Morgan fingerprint density at radius 1 is 1.26 bits per heavy atom. The Morgan fingerprint density at radius 2 is 2.11 bits per heavy atom. The maximum absolute atomic E-state index is 10.2. The number of benzene rings is 1. The first kappa shape index (κ1) is 13.0. The van der Waals surface area contributed by atoms with E-state index in [0.29, 0.717) is 11.8 Å². The minimum atomic E-state index is -0.101. The quantitative estimate of drug-likeness (QED) is 0.897. The van der Waals surface area contributed by atoms with Gasteiger partial charge in [0.1, 0.15) is 5.75 Å². The Labute approximate surface area is 115 Å². The molecule has 2 aliphatic rings. The first-order chi connectivity index (χ1) is 9.28. The van der Waals surface area contributed by atoms with E-state index in [-0.39, 0.29) is 6.10 Å². The SMILES string of the molecule is CCC1CCC(O)C(CC2COc3ccccc32)C1. The van der Waals surface area contributed by atoms with E-state index in [9.17, 15) is 5.11 Å². The minimum Gasteiger partial charge on any atom is -0.493 e. The molecular formula is C17H24O2. The van der Waals surface area contributed by atoms with E-state index in [1.807, 2.05) is 6.07 Å². The second-order valence-electron chi connectivity index (χ2n) is 6.20. The molecule has 4 atom stereocenters. The Morgan fingerprint density at radius 3 is 2.95 bits per heavy atom. The maximum Gasteiger partial charge on any atom is 0.122 e. The summed E-state index contributed by atoms with van der Waals surface area (Å²) in [6, 6.07) is 8.36. The van der Waals surface area contributed by atoms with Crippen LogP contribution >= 0.6 is 0 Å². The lowest BCUT2D eigenvalue weighted by Crippen LogP contribution is -2.30. The van der Waals surface area contributed by atoms with Crippen molar-refractivity contribution in [2.24, 2.45) is 11.8 Å². The van der Waals surface area contributed by atoms with Crippen molar-refractivity contribution in [3.8, 4) is 5.75 Å². The van der Waals surface area contributed by atoms with Crippen LogP contribution in [0.25, 0.3) is 0 Å². The van der Waals surface area contributed by atoms with Gasteiger partial charge in [-0.3, -0.25) is 0 Å². The molecule has 2 nitrogen and oxygen atoms in total. The standard InChI is InChI=1S/C17H24O2/c1-2-12-7-8-16(18)13(9-12)10-14-11-19-17-6-4-3-5-15(14)17/h3-6,12-14,16,18H,2,7-11H2,1H3. The van der Waals surface area contributed by atoms with Crippen molar-refractivity contribution in [1.82, 2.24) is 0 Å². The molecule has 1 N–H and O–H groups in total. The van der Waals surface area contributed by atoms with Crippen molar-refractivity contribution < 1.29 is 9.84 Å². The number of hydrogen-bond acceptors (Lipinski definition) is 2. The molecule has 19 heavy (non-hydrogen) atoms. The first-order valence-corrected chi connectivity index (χ1v) is 7.67. The second kappa shape index (κ2) is 5.54. The van der Waals surface area contributed by atoms with E-state index >= 15 is 0 Å². The number of para-hydroxylation sites is 1. The Balaban J connectivity index is 1.68. The highest BCUT2D eigenvalue weighted by Gasteiger charge is 2.33. The summed E-state index contributed by atoms with van der Waals surface area (Å²) >= 11 is 0. The molecule has 0 amide bonds. The lowest BCUT2D eigenvalue weighted by molar-refractivity contribution is 0.0383. The third kappa shape index (κ3) is 2.64. The van der Waals surface area contributed by atoms with Crippen LogP contribution in [0.2, 0.25) is 0 Å². The van der Waals surface area contributed by atoms with Crippen molar-refractivity contribution in [3.63, 3.8) is 0 Å². The van der Waals surface area contributed by atoms with Gasteiger partial charge in [0.2, 0.25) is 0 Å². The van der Waals surface area contributed by atoms with Gasteiger partial charge in [0.05, 0.1) is 12.7 Å². The van der Waals surface area contributed by atoms with Crippen LogP contribution in [-0.2, 0) is 0 Å². The van der Waals surface area contributed by atoms with Crippen molar-refractivity contribution in [2.75, 3.05) is 6.61 Å². The lowest BCUT2D eigenvalue weighted by atomic mass is 9.74. The van der Waals surface area contributed by atoms with E-state index in [1.165, 1.54) is 24.8 Å². The molecule has 4 unspecified atom stereocenters. The van der Waals surface area contributed by atoms with Crippen LogP contribution in [0, 0.1) is 11.8 Å². The fourth-order valence-corrected chi connectivity index (χ4v) is 3.76. The van der Waals surface area contributed by atoms with Gasteiger partial charge in [-0.2, -0.15) is 0 Å². The van der Waals surface area contributed by atoms with Crippen LogP contribution in [0.1, 0.15) is 50.5 Å². The van der Waals surface area contributed by atoms with Crippen molar-refractivity contribution in [1.29, 1.82) is 0 Å². The molecule has 3 rings (SSSR count). The van der Waals surface area contributed by atoms with Gasteiger partial charge < -0.3 is 9.84 Å². The highest BCUT2D eigenvalue weighted by molar-refractivity contribution is 5.39. The third-order valence-electron chi connectivity index (χ3n) is 5.01. The summed E-state index contributed by atoms with van der Waals surface area (Å²) in [5.74, 6) is 2.79. The molecule has 0 spiro atoms. The zero-order valence-corrected chi connectivity index (χ0v) is 11.7. The zero-order valence-electron chi connectivity index (χ0n) is 11.7. The predicted octanol–water partition coefficient (Wildman–Crippen LogP) is 3.74. The molecule has 104 valence electrons. The molecule has 0 bridgehead atoms. The Bertz CT molecular complexity index is 429. The molecule has 1 fully saturated rings. The monoisotopic (exact) mass is 260 g/mol. The molecule has 1 aliphatic heterocycles. The molecule has 1 saturated carbocycles. The number of fused-ring (bicyclic) bond motifs is 1. The molecule has 1 heterocycles. The number of ether oxygens (including phenoxy) is 1. The molecule has 0 radical (unpaired) electrons. The van der Waals surface area contributed by atoms with Crippen LogP contribution in [0.5, 0.6) is 5.75 Å². The summed E-state index contributed by atoms with van der Waals surface area (Å²) in [4.78, 5) is 0. The van der Waals surface area contributed by atoms with Crippen LogP contribution in [0.15, 0.2) is 24.3 Å². The van der Waals surface area contributed by atoms with Crippen molar-refractivity contribution >= 4 is 0 Å². The van der Waals surface area contributed by atoms with Gasteiger partial charge in [-0.25, -0.2) is 0 Å². The van der Waals surface area contributed by atoms with Gasteiger partial charge in [-0.1, -0.05) is 31.5 Å². The molecule has 1 aromatic carbocycles. The topological polar surface area (TPSA) is 29.5 Å². The van der Waals surface area contributed by atoms with Gasteiger partial charge in [-0.05, 0) is 43.6 Å². The van der Waals surface area contributed by atoms with Crippen LogP contribution in [-0.4, -0.2) is 17.8 Å². The van der Waals surface area contributed by atoms with E-state index in [4.69, 9.17) is 4.74 Å². The smallest absolute Gasteiger partial charge is 0.122 e. The number of aliphatic hydroxyl groups excluding tert-OH is 1. The van der Waals surface area contributed by atoms with Crippen molar-refractivity contribution in [2.45, 2.75) is 51.0 Å². The average molecular weight is 260 g/mol. The largest absolute Gasteiger partial charge is 0.493 e. The van der Waals surface area contributed by atoms with Crippen molar-refractivity contribution in [3.05, 3.63) is 29.8 Å². The molecule has 2 heteroatoms. The molecule has 1 aliphatic carbocycles. The van der Waals surface area contributed by atoms with Gasteiger partial charge in [0.15, 0.2) is 0 Å². The van der Waals surface area contributed by atoms with Gasteiger partial charge in [0.25, 0.3) is 0 Å². The number of rotatable bonds is 3. The number of aliphatic hydroxyl groups is 1. The summed E-state index contributed by atoms with van der Waals surface area (Å²) in [5, 5.41) is 10.2. The predicted molar refractivity (Wildman–Crippen MR) is 76.4 cm³/mol. The normalized spacial score (nSPS) is 33.8. The van der Waals surface area contributed by atoms with Gasteiger partial charge in [0, 0.05) is 11.5 Å². The molecule has 0 aromatic heterocycles. The highest BCUT2D eigenvalue weighted by atomic mass is 16.5. The lowest BCUT2D eigenvalue weighted by Gasteiger charge is -2.34.